The molecule has 0 amide bonds. The molecule has 1 saturated heterocycles. The van der Waals surface area contributed by atoms with E-state index in [0.717, 1.165) is 36.2 Å². The minimum Gasteiger partial charge on any atom is -0.390 e. The number of rotatable bonds is 7. The molecule has 3 atom stereocenters. The van der Waals surface area contributed by atoms with Crippen LogP contribution in [0.3, 0.4) is 0 Å². The Hall–Kier alpha value is -3.24. The number of hydrogen-bond donors (Lipinski definition) is 1. The van der Waals surface area contributed by atoms with Gasteiger partial charge in [-0.3, -0.25) is 4.90 Å². The van der Waals surface area contributed by atoms with E-state index in [0.29, 0.717) is 0 Å². The normalized spacial score (nSPS) is 20.4. The van der Waals surface area contributed by atoms with Crippen molar-refractivity contribution in [3.8, 4) is 0 Å². The van der Waals surface area contributed by atoms with Gasteiger partial charge in [0.2, 0.25) is 0 Å². The standard InChI is InChI=1S/C32H31NO2/c34-30(29-22-33-21-20-24-12-10-11-19-28(24)31(29)33)23-35-32(25-13-4-1-5-14-25,26-15-6-2-7-16-26)27-17-8-3-9-18-27/h1-19,29-31,34H,20-23H2/t29-,30?,31-/m0/s1. The van der Waals surface area contributed by atoms with Crippen molar-refractivity contribution in [1.82, 2.24) is 4.90 Å². The average Bonchev–Trinajstić information content (AvgIpc) is 2.91. The molecule has 2 aliphatic rings. The van der Waals surface area contributed by atoms with Crippen molar-refractivity contribution < 1.29 is 9.84 Å². The summed E-state index contributed by atoms with van der Waals surface area (Å²) in [5, 5.41) is 11.5. The highest BCUT2D eigenvalue weighted by molar-refractivity contribution is 5.47. The molecule has 0 aromatic heterocycles. The van der Waals surface area contributed by atoms with Gasteiger partial charge in [-0.05, 0) is 34.2 Å². The summed E-state index contributed by atoms with van der Waals surface area (Å²) in [6, 6.07) is 40.1. The largest absolute Gasteiger partial charge is 0.390 e. The van der Waals surface area contributed by atoms with Crippen LogP contribution >= 0.6 is 0 Å². The first-order chi connectivity index (χ1) is 17.3. The van der Waals surface area contributed by atoms with Crippen LogP contribution in [0.25, 0.3) is 0 Å². The lowest BCUT2D eigenvalue weighted by atomic mass is 9.75. The second-order valence-electron chi connectivity index (χ2n) is 9.71. The van der Waals surface area contributed by atoms with Crippen LogP contribution in [0.15, 0.2) is 115 Å². The molecule has 3 nitrogen and oxygen atoms in total. The SMILES string of the molecule is OC(COC(c1ccccc1)(c1ccccc1)c1ccccc1)[C@@H]1CN2CCc3ccccc3[C@@H]12. The molecule has 4 aromatic rings. The summed E-state index contributed by atoms with van der Waals surface area (Å²) < 4.78 is 6.91. The third-order valence-electron chi connectivity index (χ3n) is 7.79. The summed E-state index contributed by atoms with van der Waals surface area (Å²) >= 11 is 0. The van der Waals surface area contributed by atoms with Crippen LogP contribution in [0, 0.1) is 5.92 Å². The summed E-state index contributed by atoms with van der Waals surface area (Å²) in [6.45, 7) is 2.24. The first-order valence-corrected chi connectivity index (χ1v) is 12.6. The fourth-order valence-electron chi connectivity index (χ4n) is 6.02. The Labute approximate surface area is 207 Å². The van der Waals surface area contributed by atoms with E-state index in [2.05, 4.69) is 102 Å². The summed E-state index contributed by atoms with van der Waals surface area (Å²) in [5.74, 6) is 0.163. The number of aliphatic hydroxyl groups is 1. The molecule has 1 fully saturated rings. The first-order valence-electron chi connectivity index (χ1n) is 12.6. The Bertz CT molecular complexity index is 1160. The van der Waals surface area contributed by atoms with Gasteiger partial charge in [0, 0.05) is 25.0 Å². The highest BCUT2D eigenvalue weighted by atomic mass is 16.5. The van der Waals surface area contributed by atoms with Gasteiger partial charge >= 0.3 is 0 Å². The van der Waals surface area contributed by atoms with Crippen LogP contribution in [-0.2, 0) is 16.8 Å². The van der Waals surface area contributed by atoms with Crippen molar-refractivity contribution in [2.75, 3.05) is 19.7 Å². The fraction of sp³-hybridized carbons (Fsp3) is 0.250. The van der Waals surface area contributed by atoms with Crippen molar-refractivity contribution in [2.24, 2.45) is 5.92 Å². The Balaban J connectivity index is 1.34. The molecular formula is C32H31NO2. The van der Waals surface area contributed by atoms with E-state index in [1.807, 2.05) is 18.2 Å². The maximum Gasteiger partial charge on any atom is 0.143 e. The second kappa shape index (κ2) is 9.43. The van der Waals surface area contributed by atoms with Gasteiger partial charge in [0.05, 0.1) is 12.7 Å². The maximum atomic E-state index is 11.5. The van der Waals surface area contributed by atoms with E-state index in [4.69, 9.17) is 4.74 Å². The van der Waals surface area contributed by atoms with Crippen LogP contribution < -0.4 is 0 Å². The van der Waals surface area contributed by atoms with Crippen molar-refractivity contribution >= 4 is 0 Å². The van der Waals surface area contributed by atoms with E-state index < -0.39 is 11.7 Å². The van der Waals surface area contributed by atoms with Gasteiger partial charge < -0.3 is 9.84 Å². The maximum absolute atomic E-state index is 11.5. The third kappa shape index (κ3) is 3.90. The van der Waals surface area contributed by atoms with E-state index in [9.17, 15) is 5.11 Å². The minimum atomic E-state index is -0.807. The predicted molar refractivity (Wildman–Crippen MR) is 139 cm³/mol. The van der Waals surface area contributed by atoms with Crippen LogP contribution in [0.2, 0.25) is 0 Å². The molecular weight excluding hydrogens is 430 g/mol. The molecule has 6 rings (SSSR count). The molecule has 0 bridgehead atoms. The Morgan fingerprint density at radius 2 is 1.26 bits per heavy atom. The van der Waals surface area contributed by atoms with Gasteiger partial charge in [-0.25, -0.2) is 0 Å². The molecule has 1 unspecified atom stereocenters. The number of aliphatic hydroxyl groups excluding tert-OH is 1. The van der Waals surface area contributed by atoms with Crippen LogP contribution in [0.4, 0.5) is 0 Å². The minimum absolute atomic E-state index is 0.163. The van der Waals surface area contributed by atoms with E-state index in [1.165, 1.54) is 11.1 Å². The summed E-state index contributed by atoms with van der Waals surface area (Å²) in [5.41, 5.74) is 5.15. The van der Waals surface area contributed by atoms with E-state index in [-0.39, 0.29) is 18.6 Å². The monoisotopic (exact) mass is 461 g/mol. The average molecular weight is 462 g/mol. The van der Waals surface area contributed by atoms with E-state index in [1.54, 1.807) is 0 Å². The number of hydrogen-bond acceptors (Lipinski definition) is 3. The van der Waals surface area contributed by atoms with Gasteiger partial charge in [-0.2, -0.15) is 0 Å². The van der Waals surface area contributed by atoms with Crippen molar-refractivity contribution in [2.45, 2.75) is 24.2 Å². The first kappa shape index (κ1) is 22.2. The zero-order valence-electron chi connectivity index (χ0n) is 19.8. The Morgan fingerprint density at radius 3 is 1.83 bits per heavy atom. The molecule has 35 heavy (non-hydrogen) atoms. The number of nitrogens with zero attached hydrogens (tertiary/aromatic N) is 1. The third-order valence-corrected chi connectivity index (χ3v) is 7.79. The van der Waals surface area contributed by atoms with Gasteiger partial charge in [-0.15, -0.1) is 0 Å². The van der Waals surface area contributed by atoms with Gasteiger partial charge in [0.25, 0.3) is 0 Å². The number of benzene rings is 4. The number of fused-ring (bicyclic) bond motifs is 3. The lowest BCUT2D eigenvalue weighted by Crippen LogP contribution is -2.57. The van der Waals surface area contributed by atoms with E-state index >= 15 is 0 Å². The lowest BCUT2D eigenvalue weighted by molar-refractivity contribution is -0.114. The van der Waals surface area contributed by atoms with Gasteiger partial charge in [-0.1, -0.05) is 115 Å². The van der Waals surface area contributed by atoms with Crippen LogP contribution in [0.1, 0.15) is 33.9 Å². The predicted octanol–water partition coefficient (Wildman–Crippen LogP) is 5.59. The molecule has 0 aliphatic carbocycles. The smallest absolute Gasteiger partial charge is 0.143 e. The topological polar surface area (TPSA) is 32.7 Å². The molecule has 0 saturated carbocycles. The molecule has 2 heterocycles. The quantitative estimate of drug-likeness (QED) is 0.365. The molecule has 4 aromatic carbocycles. The lowest BCUT2D eigenvalue weighted by Gasteiger charge is -2.53. The number of ether oxygens (including phenoxy) is 1. The molecule has 0 radical (unpaired) electrons. The zero-order valence-corrected chi connectivity index (χ0v) is 19.8. The van der Waals surface area contributed by atoms with Crippen molar-refractivity contribution in [1.29, 1.82) is 0 Å². The molecule has 176 valence electrons. The second-order valence-corrected chi connectivity index (χ2v) is 9.71. The van der Waals surface area contributed by atoms with Crippen molar-refractivity contribution in [3.63, 3.8) is 0 Å². The summed E-state index contributed by atoms with van der Waals surface area (Å²) in [7, 11) is 0. The Kier molecular flexibility index (Phi) is 5.99. The van der Waals surface area contributed by atoms with Gasteiger partial charge in [0.1, 0.15) is 5.60 Å². The van der Waals surface area contributed by atoms with Crippen LogP contribution in [0.5, 0.6) is 0 Å². The fourth-order valence-corrected chi connectivity index (χ4v) is 6.02. The van der Waals surface area contributed by atoms with Crippen LogP contribution in [-0.4, -0.2) is 35.8 Å². The van der Waals surface area contributed by atoms with Gasteiger partial charge in [0.15, 0.2) is 0 Å². The summed E-state index contributed by atoms with van der Waals surface area (Å²) in [6.07, 6.45) is 0.531. The zero-order chi connectivity index (χ0) is 23.7. The molecule has 3 heteroatoms. The molecule has 0 spiro atoms. The molecule has 1 N–H and O–H groups in total. The molecule has 2 aliphatic heterocycles. The Morgan fingerprint density at radius 1 is 0.743 bits per heavy atom. The van der Waals surface area contributed by atoms with Crippen molar-refractivity contribution in [3.05, 3.63) is 143 Å². The highest BCUT2D eigenvalue weighted by Crippen LogP contribution is 2.46. The highest BCUT2D eigenvalue weighted by Gasteiger charge is 2.47. The summed E-state index contributed by atoms with van der Waals surface area (Å²) in [4.78, 5) is 2.50.